The molecular weight excluding hydrogens is 242 g/mol. The van der Waals surface area contributed by atoms with Crippen LogP contribution in [-0.2, 0) is 0 Å². The maximum atomic E-state index is 12.5. The van der Waals surface area contributed by atoms with E-state index in [1.807, 2.05) is 13.0 Å². The van der Waals surface area contributed by atoms with Crippen molar-refractivity contribution in [3.05, 3.63) is 29.3 Å². The Morgan fingerprint density at radius 3 is 2.89 bits per heavy atom. The summed E-state index contributed by atoms with van der Waals surface area (Å²) in [5.74, 6) is 5.71. The van der Waals surface area contributed by atoms with Crippen LogP contribution in [0.25, 0.3) is 0 Å². The fourth-order valence-corrected chi connectivity index (χ4v) is 2.66. The van der Waals surface area contributed by atoms with E-state index in [1.165, 1.54) is 0 Å². The van der Waals surface area contributed by atoms with Gasteiger partial charge in [0.25, 0.3) is 5.91 Å². The molecule has 2 rings (SSSR count). The maximum Gasteiger partial charge on any atom is 0.254 e. The van der Waals surface area contributed by atoms with Crippen molar-refractivity contribution in [3.63, 3.8) is 0 Å². The number of nitrogens with one attached hydrogen (secondary N) is 1. The first-order valence-corrected chi connectivity index (χ1v) is 6.57. The molecule has 1 aliphatic rings. The Labute approximate surface area is 113 Å². The molecule has 5 nitrogen and oxygen atoms in total. The number of hydrazine groups is 1. The zero-order chi connectivity index (χ0) is 14.0. The van der Waals surface area contributed by atoms with E-state index in [-0.39, 0.29) is 18.6 Å². The highest BCUT2D eigenvalue weighted by Gasteiger charge is 2.34. The molecule has 0 bridgehead atoms. The summed E-state index contributed by atoms with van der Waals surface area (Å²) in [5.41, 5.74) is 4.98. The molecule has 19 heavy (non-hydrogen) atoms. The minimum atomic E-state index is -0.0693. The predicted octanol–water partition coefficient (Wildman–Crippen LogP) is 1.12. The van der Waals surface area contributed by atoms with Gasteiger partial charge in [-0.15, -0.1) is 0 Å². The summed E-state index contributed by atoms with van der Waals surface area (Å²) >= 11 is 0. The number of carbonyl (C=O) groups excluding carboxylic acids is 1. The number of aryl methyl sites for hydroxylation is 1. The topological polar surface area (TPSA) is 78.6 Å². The predicted molar refractivity (Wildman–Crippen MR) is 74.7 cm³/mol. The first-order valence-electron chi connectivity index (χ1n) is 6.57. The van der Waals surface area contributed by atoms with Crippen molar-refractivity contribution in [1.82, 2.24) is 4.90 Å². The standard InChI is InChI=1S/C14H21N3O2/c1-9-5-6-17(13(9)8-18)14(19)11-3-4-12(16-15)10(2)7-11/h3-4,7,9,13,16,18H,5-6,8,15H2,1-2H3. The van der Waals surface area contributed by atoms with E-state index < -0.39 is 0 Å². The second kappa shape index (κ2) is 5.59. The Kier molecular flexibility index (Phi) is 4.07. The summed E-state index contributed by atoms with van der Waals surface area (Å²) in [6.45, 7) is 4.71. The maximum absolute atomic E-state index is 12.5. The van der Waals surface area contributed by atoms with Crippen molar-refractivity contribution in [1.29, 1.82) is 0 Å². The Bertz CT molecular complexity index is 476. The van der Waals surface area contributed by atoms with E-state index in [9.17, 15) is 9.90 Å². The molecule has 4 N–H and O–H groups in total. The number of hydrogen-bond acceptors (Lipinski definition) is 4. The molecule has 1 saturated heterocycles. The SMILES string of the molecule is Cc1cc(C(=O)N2CCC(C)C2CO)ccc1NN. The lowest BCUT2D eigenvalue weighted by atomic mass is 10.0. The number of anilines is 1. The van der Waals surface area contributed by atoms with Gasteiger partial charge in [0.2, 0.25) is 0 Å². The van der Waals surface area contributed by atoms with Crippen LogP contribution >= 0.6 is 0 Å². The fourth-order valence-electron chi connectivity index (χ4n) is 2.66. The summed E-state index contributed by atoms with van der Waals surface area (Å²) in [6, 6.07) is 5.33. The van der Waals surface area contributed by atoms with Crippen LogP contribution in [0, 0.1) is 12.8 Å². The first kappa shape index (κ1) is 13.8. The number of benzene rings is 1. The second-order valence-electron chi connectivity index (χ2n) is 5.19. The van der Waals surface area contributed by atoms with Gasteiger partial charge in [0, 0.05) is 12.1 Å². The van der Waals surface area contributed by atoms with Crippen molar-refractivity contribution < 1.29 is 9.90 Å². The number of nitrogen functional groups attached to an aromatic ring is 1. The number of hydrogen-bond donors (Lipinski definition) is 3. The van der Waals surface area contributed by atoms with Crippen LogP contribution in [0.5, 0.6) is 0 Å². The highest BCUT2D eigenvalue weighted by Crippen LogP contribution is 2.26. The monoisotopic (exact) mass is 263 g/mol. The van der Waals surface area contributed by atoms with Gasteiger partial charge >= 0.3 is 0 Å². The van der Waals surface area contributed by atoms with Crippen molar-refractivity contribution >= 4 is 11.6 Å². The molecule has 0 aromatic heterocycles. The quantitative estimate of drug-likeness (QED) is 0.564. The molecule has 1 aromatic carbocycles. The Morgan fingerprint density at radius 2 is 2.32 bits per heavy atom. The second-order valence-corrected chi connectivity index (χ2v) is 5.19. The zero-order valence-electron chi connectivity index (χ0n) is 11.4. The number of amides is 1. The lowest BCUT2D eigenvalue weighted by molar-refractivity contribution is 0.0648. The number of aliphatic hydroxyl groups is 1. The van der Waals surface area contributed by atoms with Crippen LogP contribution < -0.4 is 11.3 Å². The zero-order valence-corrected chi connectivity index (χ0v) is 11.4. The van der Waals surface area contributed by atoms with Crippen LogP contribution in [0.4, 0.5) is 5.69 Å². The van der Waals surface area contributed by atoms with Crippen molar-refractivity contribution in [2.75, 3.05) is 18.6 Å². The number of nitrogens with two attached hydrogens (primary N) is 1. The molecule has 0 radical (unpaired) electrons. The molecule has 1 aliphatic heterocycles. The first-order chi connectivity index (χ1) is 9.08. The van der Waals surface area contributed by atoms with E-state index >= 15 is 0 Å². The summed E-state index contributed by atoms with van der Waals surface area (Å²) < 4.78 is 0. The van der Waals surface area contributed by atoms with Gasteiger partial charge in [-0.25, -0.2) is 0 Å². The minimum absolute atomic E-state index is 0.0185. The van der Waals surface area contributed by atoms with Gasteiger partial charge in [-0.2, -0.15) is 0 Å². The summed E-state index contributed by atoms with van der Waals surface area (Å²) in [4.78, 5) is 14.2. The molecule has 2 unspecified atom stereocenters. The Morgan fingerprint density at radius 1 is 1.58 bits per heavy atom. The molecule has 1 aromatic rings. The van der Waals surface area contributed by atoms with Crippen molar-refractivity contribution in [2.45, 2.75) is 26.3 Å². The van der Waals surface area contributed by atoms with Crippen LogP contribution in [0.1, 0.15) is 29.3 Å². The molecule has 104 valence electrons. The van der Waals surface area contributed by atoms with E-state index in [0.29, 0.717) is 18.0 Å². The average molecular weight is 263 g/mol. The molecule has 2 atom stereocenters. The van der Waals surface area contributed by atoms with Crippen molar-refractivity contribution in [2.24, 2.45) is 11.8 Å². The molecule has 0 spiro atoms. The molecular formula is C14H21N3O2. The highest BCUT2D eigenvalue weighted by atomic mass is 16.3. The molecule has 1 amide bonds. The molecule has 0 aliphatic carbocycles. The van der Waals surface area contributed by atoms with Gasteiger partial charge in [-0.1, -0.05) is 6.92 Å². The third-order valence-electron chi connectivity index (χ3n) is 3.96. The van der Waals surface area contributed by atoms with Gasteiger partial charge in [-0.3, -0.25) is 10.6 Å². The van der Waals surface area contributed by atoms with Crippen LogP contribution in [-0.4, -0.2) is 35.1 Å². The third kappa shape index (κ3) is 2.57. The third-order valence-corrected chi connectivity index (χ3v) is 3.96. The van der Waals surface area contributed by atoms with Crippen LogP contribution in [0.15, 0.2) is 18.2 Å². The van der Waals surface area contributed by atoms with Gasteiger partial charge in [0.05, 0.1) is 18.3 Å². The lowest BCUT2D eigenvalue weighted by Gasteiger charge is -2.25. The Hall–Kier alpha value is -1.59. The molecule has 5 heteroatoms. The number of carbonyl (C=O) groups is 1. The van der Waals surface area contributed by atoms with Gasteiger partial charge in [0.1, 0.15) is 0 Å². The Balaban J connectivity index is 2.22. The highest BCUT2D eigenvalue weighted by molar-refractivity contribution is 5.95. The minimum Gasteiger partial charge on any atom is -0.394 e. The average Bonchev–Trinajstić information content (AvgIpc) is 2.78. The van der Waals surface area contributed by atoms with E-state index in [4.69, 9.17) is 5.84 Å². The van der Waals surface area contributed by atoms with Crippen LogP contribution in [0.2, 0.25) is 0 Å². The van der Waals surface area contributed by atoms with Gasteiger partial charge in [-0.05, 0) is 43.0 Å². The number of likely N-dealkylation sites (tertiary alicyclic amines) is 1. The number of rotatable bonds is 3. The summed E-state index contributed by atoms with van der Waals surface area (Å²) in [7, 11) is 0. The van der Waals surface area contributed by atoms with Crippen LogP contribution in [0.3, 0.4) is 0 Å². The smallest absolute Gasteiger partial charge is 0.254 e. The lowest BCUT2D eigenvalue weighted by Crippen LogP contribution is -2.39. The molecule has 0 saturated carbocycles. The summed E-state index contributed by atoms with van der Waals surface area (Å²) in [6.07, 6.45) is 0.943. The number of aliphatic hydroxyl groups excluding tert-OH is 1. The van der Waals surface area contributed by atoms with Crippen molar-refractivity contribution in [3.8, 4) is 0 Å². The van der Waals surface area contributed by atoms with E-state index in [0.717, 1.165) is 17.7 Å². The molecule has 1 fully saturated rings. The molecule has 1 heterocycles. The normalized spacial score (nSPS) is 22.6. The van der Waals surface area contributed by atoms with E-state index in [1.54, 1.807) is 17.0 Å². The van der Waals surface area contributed by atoms with E-state index in [2.05, 4.69) is 12.3 Å². The largest absolute Gasteiger partial charge is 0.394 e. The number of nitrogens with zero attached hydrogens (tertiary/aromatic N) is 1. The van der Waals surface area contributed by atoms with Gasteiger partial charge in [0.15, 0.2) is 0 Å². The fraction of sp³-hybridized carbons (Fsp3) is 0.500. The van der Waals surface area contributed by atoms with Gasteiger partial charge < -0.3 is 15.4 Å². The summed E-state index contributed by atoms with van der Waals surface area (Å²) in [5, 5.41) is 9.42.